The zero-order valence-corrected chi connectivity index (χ0v) is 25.2. The molecule has 0 bridgehead atoms. The molecule has 220 valence electrons. The molecule has 9 heteroatoms. The minimum Gasteiger partial charge on any atom is -0.370 e. The lowest BCUT2D eigenvalue weighted by Gasteiger charge is -2.36. The van der Waals surface area contributed by atoms with Crippen LogP contribution in [0.3, 0.4) is 0 Å². The third-order valence-corrected chi connectivity index (χ3v) is 8.93. The fourth-order valence-electron chi connectivity index (χ4n) is 6.08. The van der Waals surface area contributed by atoms with Crippen LogP contribution in [-0.4, -0.2) is 60.6 Å². The molecule has 0 radical (unpaired) electrons. The number of rotatable bonds is 12. The van der Waals surface area contributed by atoms with Gasteiger partial charge in [-0.3, -0.25) is 0 Å². The van der Waals surface area contributed by atoms with Crippen LogP contribution in [-0.2, 0) is 9.47 Å². The third-order valence-electron chi connectivity index (χ3n) is 8.62. The van der Waals surface area contributed by atoms with E-state index in [1.54, 1.807) is 6.20 Å². The van der Waals surface area contributed by atoms with Crippen LogP contribution >= 0.6 is 11.6 Å². The largest absolute Gasteiger partial charge is 0.370 e. The molecule has 8 nitrogen and oxygen atoms in total. The summed E-state index contributed by atoms with van der Waals surface area (Å²) in [5.74, 6) is 1.68. The average Bonchev–Trinajstić information content (AvgIpc) is 3.46. The molecule has 2 aromatic heterocycles. The summed E-state index contributed by atoms with van der Waals surface area (Å²) >= 11 is 6.41. The van der Waals surface area contributed by atoms with E-state index in [4.69, 9.17) is 31.0 Å². The zero-order valence-electron chi connectivity index (χ0n) is 24.4. The summed E-state index contributed by atoms with van der Waals surface area (Å²) in [6.07, 6.45) is 14.2. The number of ether oxygens (including phenoxy) is 2. The van der Waals surface area contributed by atoms with Gasteiger partial charge in [-0.05, 0) is 62.1 Å². The number of piperidine rings is 2. The number of unbranched alkanes of at least 4 members (excludes halogenated alkanes) is 2. The second-order valence-corrected chi connectivity index (χ2v) is 11.8. The van der Waals surface area contributed by atoms with Gasteiger partial charge in [-0.1, -0.05) is 38.3 Å². The highest BCUT2D eigenvalue weighted by Crippen LogP contribution is 2.37. The second kappa shape index (κ2) is 14.4. The van der Waals surface area contributed by atoms with Gasteiger partial charge in [0.25, 0.3) is 0 Å². The molecule has 2 fully saturated rings. The monoisotopic (exact) mass is 578 g/mol. The van der Waals surface area contributed by atoms with Crippen LogP contribution in [0, 0.1) is 17.2 Å². The van der Waals surface area contributed by atoms with Crippen molar-refractivity contribution in [2.75, 3.05) is 49.2 Å². The van der Waals surface area contributed by atoms with Gasteiger partial charge in [0.1, 0.15) is 6.07 Å². The summed E-state index contributed by atoms with van der Waals surface area (Å²) < 4.78 is 12.3. The summed E-state index contributed by atoms with van der Waals surface area (Å²) in [5.41, 5.74) is 3.84. The minimum absolute atomic E-state index is 0.0984. The number of hydrogen-bond acceptors (Lipinski definition) is 7. The maximum absolute atomic E-state index is 9.45. The molecule has 0 amide bonds. The Labute approximate surface area is 249 Å². The molecule has 2 saturated heterocycles. The predicted molar refractivity (Wildman–Crippen MR) is 165 cm³/mol. The van der Waals surface area contributed by atoms with Crippen LogP contribution in [0.2, 0.25) is 5.02 Å². The van der Waals surface area contributed by atoms with Crippen molar-refractivity contribution in [3.63, 3.8) is 0 Å². The van der Waals surface area contributed by atoms with E-state index in [0.29, 0.717) is 22.4 Å². The van der Waals surface area contributed by atoms with Crippen LogP contribution in [0.1, 0.15) is 82.3 Å². The van der Waals surface area contributed by atoms with Gasteiger partial charge in [0, 0.05) is 69.3 Å². The lowest BCUT2D eigenvalue weighted by molar-refractivity contribution is -0.177. The number of hydrogen-bond donors (Lipinski definition) is 1. The number of fused-ring (bicyclic) bond motifs is 1. The summed E-state index contributed by atoms with van der Waals surface area (Å²) in [7, 11) is 0. The SMILES string of the molecule is CCCCOC(OCCCC)C1CCN(c2ncc(C3CCN(c4ccc(Cl)c5c(C#N)c[nH]c45)CC3)cn2)CC1. The Morgan fingerprint density at radius 2 is 1.61 bits per heavy atom. The van der Waals surface area contributed by atoms with Gasteiger partial charge in [-0.25, -0.2) is 9.97 Å². The Kier molecular flexibility index (Phi) is 10.4. The van der Waals surface area contributed by atoms with Crippen molar-refractivity contribution in [1.29, 1.82) is 5.26 Å². The molecule has 0 aliphatic carbocycles. The Hall–Kier alpha value is -2.86. The van der Waals surface area contributed by atoms with Crippen LogP contribution in [0.15, 0.2) is 30.7 Å². The highest BCUT2D eigenvalue weighted by Gasteiger charge is 2.29. The van der Waals surface area contributed by atoms with E-state index in [1.165, 1.54) is 5.56 Å². The number of nitrogens with zero attached hydrogens (tertiary/aromatic N) is 5. The van der Waals surface area contributed by atoms with E-state index in [9.17, 15) is 5.26 Å². The molecule has 1 aromatic carbocycles. The van der Waals surface area contributed by atoms with Crippen molar-refractivity contribution in [3.05, 3.63) is 46.9 Å². The average molecular weight is 579 g/mol. The first-order chi connectivity index (χ1) is 20.1. The molecule has 2 aliphatic heterocycles. The van der Waals surface area contributed by atoms with E-state index in [-0.39, 0.29) is 6.29 Å². The molecule has 1 N–H and O–H groups in total. The van der Waals surface area contributed by atoms with Gasteiger partial charge in [0.05, 0.1) is 21.8 Å². The normalized spacial score (nSPS) is 17.0. The van der Waals surface area contributed by atoms with E-state index >= 15 is 0 Å². The standard InChI is InChI=1S/C32H43ClN6O2/c1-3-5-17-40-31(41-18-6-4-2)24-11-15-39(16-12-24)32-36-21-26(22-37-32)23-9-13-38(14-10-23)28-8-7-27(33)29-25(19-34)20-35-30(28)29/h7-8,20-24,31,35H,3-6,9-18H2,1-2H3. The highest BCUT2D eigenvalue weighted by atomic mass is 35.5. The molecular weight excluding hydrogens is 536 g/mol. The number of nitrogens with one attached hydrogen (secondary N) is 1. The van der Waals surface area contributed by atoms with Crippen LogP contribution < -0.4 is 9.80 Å². The lowest BCUT2D eigenvalue weighted by atomic mass is 9.91. The third kappa shape index (κ3) is 6.97. The van der Waals surface area contributed by atoms with Gasteiger partial charge in [-0.15, -0.1) is 0 Å². The molecule has 4 heterocycles. The first-order valence-corrected chi connectivity index (χ1v) is 15.7. The predicted octanol–water partition coefficient (Wildman–Crippen LogP) is 7.04. The topological polar surface area (TPSA) is 90.3 Å². The molecule has 3 aromatic rings. The number of nitriles is 1. The van der Waals surface area contributed by atoms with E-state index in [1.807, 2.05) is 18.5 Å². The molecule has 0 unspecified atom stereocenters. The van der Waals surface area contributed by atoms with Gasteiger partial charge in [0.15, 0.2) is 6.29 Å². The van der Waals surface area contributed by atoms with E-state index in [0.717, 1.165) is 113 Å². The number of aromatic amines is 1. The van der Waals surface area contributed by atoms with Crippen molar-refractivity contribution >= 4 is 34.1 Å². The van der Waals surface area contributed by atoms with Crippen molar-refractivity contribution in [1.82, 2.24) is 15.0 Å². The Morgan fingerprint density at radius 3 is 2.22 bits per heavy atom. The van der Waals surface area contributed by atoms with Crippen molar-refractivity contribution in [2.24, 2.45) is 5.92 Å². The lowest BCUT2D eigenvalue weighted by Crippen LogP contribution is -2.40. The highest BCUT2D eigenvalue weighted by molar-refractivity contribution is 6.36. The quantitative estimate of drug-likeness (QED) is 0.182. The first kappa shape index (κ1) is 29.6. The van der Waals surface area contributed by atoms with Gasteiger partial charge >= 0.3 is 0 Å². The van der Waals surface area contributed by atoms with Crippen LogP contribution in [0.25, 0.3) is 10.9 Å². The van der Waals surface area contributed by atoms with Crippen molar-refractivity contribution in [3.8, 4) is 6.07 Å². The Morgan fingerprint density at radius 1 is 0.976 bits per heavy atom. The number of H-pyrrole nitrogens is 1. The van der Waals surface area contributed by atoms with E-state index < -0.39 is 0 Å². The van der Waals surface area contributed by atoms with E-state index in [2.05, 4.69) is 40.8 Å². The Bertz CT molecular complexity index is 1280. The summed E-state index contributed by atoms with van der Waals surface area (Å²) in [6, 6.07) is 6.19. The number of anilines is 2. The first-order valence-electron chi connectivity index (χ1n) is 15.4. The second-order valence-electron chi connectivity index (χ2n) is 11.3. The van der Waals surface area contributed by atoms with Gasteiger partial charge < -0.3 is 24.3 Å². The maximum atomic E-state index is 9.45. The van der Waals surface area contributed by atoms with Crippen LogP contribution in [0.5, 0.6) is 0 Å². The fourth-order valence-corrected chi connectivity index (χ4v) is 6.34. The summed E-state index contributed by atoms with van der Waals surface area (Å²) in [4.78, 5) is 17.6. The maximum Gasteiger partial charge on any atom is 0.225 e. The molecule has 0 atom stereocenters. The number of benzene rings is 1. The van der Waals surface area contributed by atoms with Crippen molar-refractivity contribution < 1.29 is 9.47 Å². The summed E-state index contributed by atoms with van der Waals surface area (Å²) in [6.45, 7) is 9.64. The van der Waals surface area contributed by atoms with Crippen molar-refractivity contribution in [2.45, 2.75) is 77.4 Å². The molecule has 0 saturated carbocycles. The minimum atomic E-state index is -0.0984. The molecule has 41 heavy (non-hydrogen) atoms. The fraction of sp³-hybridized carbons (Fsp3) is 0.594. The number of halogens is 1. The smallest absolute Gasteiger partial charge is 0.225 e. The van der Waals surface area contributed by atoms with Crippen LogP contribution in [0.4, 0.5) is 11.6 Å². The zero-order chi connectivity index (χ0) is 28.6. The number of aromatic nitrogens is 3. The Balaban J connectivity index is 1.14. The van der Waals surface area contributed by atoms with Gasteiger partial charge in [-0.2, -0.15) is 5.26 Å². The van der Waals surface area contributed by atoms with Gasteiger partial charge in [0.2, 0.25) is 5.95 Å². The molecule has 0 spiro atoms. The molecule has 5 rings (SSSR count). The molecule has 2 aliphatic rings. The molecular formula is C32H43ClN6O2. The summed E-state index contributed by atoms with van der Waals surface area (Å²) in [5, 5.41) is 10.9.